The Morgan fingerprint density at radius 1 is 1.21 bits per heavy atom. The Morgan fingerprint density at radius 2 is 1.95 bits per heavy atom. The Balaban J connectivity index is 1.91. The van der Waals surface area contributed by atoms with Crippen LogP contribution in [-0.4, -0.2) is 11.5 Å². The lowest BCUT2D eigenvalue weighted by molar-refractivity contribution is 0.485. The third kappa shape index (κ3) is 3.54. The zero-order valence-electron chi connectivity index (χ0n) is 10.3. The summed E-state index contributed by atoms with van der Waals surface area (Å²) in [5, 5.41) is 5.89. The van der Waals surface area contributed by atoms with Gasteiger partial charge < -0.3 is 5.32 Å². The molecule has 1 unspecified atom stereocenters. The van der Waals surface area contributed by atoms with Crippen molar-refractivity contribution >= 4 is 11.3 Å². The number of hydrogen-bond donors (Lipinski definition) is 1. The van der Waals surface area contributed by atoms with Crippen molar-refractivity contribution in [1.82, 2.24) is 10.3 Å². The third-order valence-electron chi connectivity index (χ3n) is 2.73. The van der Waals surface area contributed by atoms with E-state index in [9.17, 15) is 13.2 Å². The Hall–Kier alpha value is -1.40. The molecule has 0 amide bonds. The van der Waals surface area contributed by atoms with E-state index < -0.39 is 17.5 Å². The highest BCUT2D eigenvalue weighted by Crippen LogP contribution is 2.17. The van der Waals surface area contributed by atoms with Gasteiger partial charge in [0.2, 0.25) is 0 Å². The topological polar surface area (TPSA) is 24.9 Å². The van der Waals surface area contributed by atoms with Crippen molar-refractivity contribution in [2.24, 2.45) is 0 Å². The molecule has 0 radical (unpaired) electrons. The van der Waals surface area contributed by atoms with Crippen molar-refractivity contribution in [3.8, 4) is 0 Å². The summed E-state index contributed by atoms with van der Waals surface area (Å²) in [6.45, 7) is 2.73. The predicted molar refractivity (Wildman–Crippen MR) is 68.6 cm³/mol. The second-order valence-corrected chi connectivity index (χ2v) is 5.19. The maximum absolute atomic E-state index is 13.4. The Bertz CT molecular complexity index is 543. The molecule has 1 heterocycles. The van der Waals surface area contributed by atoms with Crippen LogP contribution in [0.4, 0.5) is 13.2 Å². The van der Waals surface area contributed by atoms with Gasteiger partial charge in [-0.2, -0.15) is 0 Å². The molecule has 0 aliphatic carbocycles. The minimum absolute atomic E-state index is 0.116. The molecule has 1 atom stereocenters. The first kappa shape index (κ1) is 14.0. The molecule has 1 aromatic carbocycles. The normalized spacial score (nSPS) is 12.6. The van der Waals surface area contributed by atoms with Crippen LogP contribution >= 0.6 is 11.3 Å². The van der Waals surface area contributed by atoms with Crippen molar-refractivity contribution in [3.05, 3.63) is 51.7 Å². The molecule has 19 heavy (non-hydrogen) atoms. The number of benzene rings is 1. The summed E-state index contributed by atoms with van der Waals surface area (Å²) in [5.41, 5.74) is 0.116. The standard InChI is InChI=1S/C13H13F3N2S/c1-8(13-18-2-3-19-13)6-17-7-9-4-11(15)12(16)5-10(9)14/h2-5,8,17H,6-7H2,1H3. The highest BCUT2D eigenvalue weighted by atomic mass is 32.1. The van der Waals surface area contributed by atoms with Crippen molar-refractivity contribution in [2.45, 2.75) is 19.4 Å². The Labute approximate surface area is 113 Å². The predicted octanol–water partition coefficient (Wildman–Crippen LogP) is 3.45. The summed E-state index contributed by atoms with van der Waals surface area (Å²) in [5.74, 6) is -2.76. The number of nitrogens with zero attached hydrogens (tertiary/aromatic N) is 1. The van der Waals surface area contributed by atoms with Crippen LogP contribution in [-0.2, 0) is 6.54 Å². The van der Waals surface area contributed by atoms with Crippen LogP contribution in [0.5, 0.6) is 0 Å². The molecule has 2 nitrogen and oxygen atoms in total. The average molecular weight is 286 g/mol. The Kier molecular flexibility index (Phi) is 4.55. The fourth-order valence-electron chi connectivity index (χ4n) is 1.69. The summed E-state index contributed by atoms with van der Waals surface area (Å²) in [6, 6.07) is 1.45. The maximum atomic E-state index is 13.4. The van der Waals surface area contributed by atoms with Crippen molar-refractivity contribution in [3.63, 3.8) is 0 Å². The number of thiazole rings is 1. The molecule has 6 heteroatoms. The van der Waals surface area contributed by atoms with E-state index in [4.69, 9.17) is 0 Å². The molecular weight excluding hydrogens is 273 g/mol. The molecule has 2 rings (SSSR count). The van der Waals surface area contributed by atoms with Gasteiger partial charge in [-0.15, -0.1) is 11.3 Å². The average Bonchev–Trinajstić information content (AvgIpc) is 2.89. The minimum atomic E-state index is -1.17. The molecule has 0 aliphatic heterocycles. The maximum Gasteiger partial charge on any atom is 0.161 e. The van der Waals surface area contributed by atoms with Gasteiger partial charge in [0.05, 0.1) is 5.01 Å². The summed E-state index contributed by atoms with van der Waals surface area (Å²) in [7, 11) is 0. The van der Waals surface area contributed by atoms with E-state index >= 15 is 0 Å². The smallest absolute Gasteiger partial charge is 0.161 e. The second-order valence-electron chi connectivity index (χ2n) is 4.26. The number of hydrogen-bond acceptors (Lipinski definition) is 3. The van der Waals surface area contributed by atoms with Crippen LogP contribution < -0.4 is 5.32 Å². The first-order valence-corrected chi connectivity index (χ1v) is 6.69. The third-order valence-corrected chi connectivity index (χ3v) is 3.74. The van der Waals surface area contributed by atoms with E-state index in [0.717, 1.165) is 11.1 Å². The fourth-order valence-corrected chi connectivity index (χ4v) is 2.39. The molecule has 0 saturated carbocycles. The molecule has 102 valence electrons. The van der Waals surface area contributed by atoms with Gasteiger partial charge in [0, 0.05) is 42.2 Å². The highest BCUT2D eigenvalue weighted by molar-refractivity contribution is 7.09. The molecule has 0 bridgehead atoms. The van der Waals surface area contributed by atoms with Crippen LogP contribution in [0.25, 0.3) is 0 Å². The van der Waals surface area contributed by atoms with Crippen LogP contribution in [0.3, 0.4) is 0 Å². The first-order valence-electron chi connectivity index (χ1n) is 5.81. The highest BCUT2D eigenvalue weighted by Gasteiger charge is 2.11. The monoisotopic (exact) mass is 286 g/mol. The van der Waals surface area contributed by atoms with Gasteiger partial charge in [-0.25, -0.2) is 18.2 Å². The van der Waals surface area contributed by atoms with E-state index in [1.54, 1.807) is 17.5 Å². The lowest BCUT2D eigenvalue weighted by Gasteiger charge is -2.10. The fraction of sp³-hybridized carbons (Fsp3) is 0.308. The quantitative estimate of drug-likeness (QED) is 0.852. The number of rotatable bonds is 5. The largest absolute Gasteiger partial charge is 0.312 e. The zero-order chi connectivity index (χ0) is 13.8. The lowest BCUT2D eigenvalue weighted by Crippen LogP contribution is -2.20. The van der Waals surface area contributed by atoms with Crippen LogP contribution in [0.15, 0.2) is 23.7 Å². The van der Waals surface area contributed by atoms with Crippen LogP contribution in [0.2, 0.25) is 0 Å². The van der Waals surface area contributed by atoms with Gasteiger partial charge >= 0.3 is 0 Å². The van der Waals surface area contributed by atoms with E-state index in [0.29, 0.717) is 12.6 Å². The van der Waals surface area contributed by atoms with Crippen molar-refractivity contribution in [1.29, 1.82) is 0 Å². The zero-order valence-corrected chi connectivity index (χ0v) is 11.1. The van der Waals surface area contributed by atoms with Crippen LogP contribution in [0.1, 0.15) is 23.4 Å². The summed E-state index contributed by atoms with van der Waals surface area (Å²) < 4.78 is 39.1. The molecular formula is C13H13F3N2S. The SMILES string of the molecule is CC(CNCc1cc(F)c(F)cc1F)c1nccs1. The van der Waals surface area contributed by atoms with E-state index in [-0.39, 0.29) is 18.0 Å². The summed E-state index contributed by atoms with van der Waals surface area (Å²) >= 11 is 1.55. The van der Waals surface area contributed by atoms with Gasteiger partial charge in [-0.1, -0.05) is 6.92 Å². The van der Waals surface area contributed by atoms with Gasteiger partial charge in [0.25, 0.3) is 0 Å². The van der Waals surface area contributed by atoms with Crippen molar-refractivity contribution < 1.29 is 13.2 Å². The van der Waals surface area contributed by atoms with Gasteiger partial charge in [-0.3, -0.25) is 0 Å². The van der Waals surface area contributed by atoms with Gasteiger partial charge in [-0.05, 0) is 6.07 Å². The van der Waals surface area contributed by atoms with Gasteiger partial charge in [0.15, 0.2) is 11.6 Å². The lowest BCUT2D eigenvalue weighted by atomic mass is 10.1. The molecule has 1 aromatic heterocycles. The molecule has 0 spiro atoms. The van der Waals surface area contributed by atoms with E-state index in [2.05, 4.69) is 10.3 Å². The van der Waals surface area contributed by atoms with Gasteiger partial charge in [0.1, 0.15) is 5.82 Å². The molecule has 0 saturated heterocycles. The minimum Gasteiger partial charge on any atom is -0.312 e. The Morgan fingerprint density at radius 3 is 2.63 bits per heavy atom. The molecule has 0 aliphatic rings. The summed E-state index contributed by atoms with van der Waals surface area (Å²) in [4.78, 5) is 4.18. The summed E-state index contributed by atoms with van der Waals surface area (Å²) in [6.07, 6.45) is 1.73. The van der Waals surface area contributed by atoms with Crippen molar-refractivity contribution in [2.75, 3.05) is 6.54 Å². The van der Waals surface area contributed by atoms with E-state index in [1.807, 2.05) is 12.3 Å². The number of halogens is 3. The molecule has 1 N–H and O–H groups in total. The van der Waals surface area contributed by atoms with Crippen LogP contribution in [0, 0.1) is 17.5 Å². The molecule has 2 aromatic rings. The first-order chi connectivity index (χ1) is 9.08. The second kappa shape index (κ2) is 6.16. The van der Waals surface area contributed by atoms with E-state index in [1.165, 1.54) is 0 Å². The number of aromatic nitrogens is 1. The molecule has 0 fully saturated rings. The number of nitrogens with one attached hydrogen (secondary N) is 1.